The van der Waals surface area contributed by atoms with E-state index < -0.39 is 0 Å². The van der Waals surface area contributed by atoms with E-state index >= 15 is 0 Å². The Kier molecular flexibility index (Phi) is 4.08. The summed E-state index contributed by atoms with van der Waals surface area (Å²) in [4.78, 5) is 12.2. The van der Waals surface area contributed by atoms with Crippen LogP contribution in [0.15, 0.2) is 52.9 Å². The van der Waals surface area contributed by atoms with Crippen LogP contribution in [-0.2, 0) is 4.79 Å². The molecule has 0 atom stereocenters. The maximum Gasteiger partial charge on any atom is 0.256 e. The zero-order valence-corrected chi connectivity index (χ0v) is 14.9. The van der Waals surface area contributed by atoms with Crippen molar-refractivity contribution in [3.05, 3.63) is 74.9 Å². The third-order valence-corrected chi connectivity index (χ3v) is 4.86. The van der Waals surface area contributed by atoms with Gasteiger partial charge in [0.2, 0.25) is 0 Å². The molecule has 0 saturated carbocycles. The van der Waals surface area contributed by atoms with Gasteiger partial charge in [0.05, 0.1) is 21.3 Å². The normalized spacial score (nSPS) is 14.7. The van der Waals surface area contributed by atoms with Gasteiger partial charge in [0.15, 0.2) is 0 Å². The molecule has 0 saturated heterocycles. The van der Waals surface area contributed by atoms with Crippen LogP contribution in [0.1, 0.15) is 11.3 Å². The molecule has 2 aromatic carbocycles. The minimum Gasteiger partial charge on any atom is -0.457 e. The van der Waals surface area contributed by atoms with E-state index in [1.54, 1.807) is 36.4 Å². The number of hydrogen-bond donors (Lipinski definition) is 1. The van der Waals surface area contributed by atoms with Gasteiger partial charge in [-0.25, -0.2) is 0 Å². The molecule has 1 N–H and O–H groups in total. The Balaban J connectivity index is 1.70. The first-order valence-corrected chi connectivity index (χ1v) is 8.53. The summed E-state index contributed by atoms with van der Waals surface area (Å²) in [5, 5.41) is 4.30. The van der Waals surface area contributed by atoms with Crippen LogP contribution in [0.3, 0.4) is 0 Å². The molecule has 0 unspecified atom stereocenters. The second-order valence-corrected chi connectivity index (χ2v) is 6.78. The molecule has 0 fully saturated rings. The summed E-state index contributed by atoms with van der Waals surface area (Å²) in [7, 11) is 0. The number of fused-ring (bicyclic) bond motifs is 1. The van der Waals surface area contributed by atoms with E-state index in [2.05, 4.69) is 5.32 Å². The largest absolute Gasteiger partial charge is 0.457 e. The number of hydrogen-bond acceptors (Lipinski definition) is 2. The molecule has 4 rings (SSSR count). The van der Waals surface area contributed by atoms with E-state index in [4.69, 9.17) is 39.2 Å². The number of amides is 1. The molecule has 2 heterocycles. The van der Waals surface area contributed by atoms with Gasteiger partial charge < -0.3 is 9.73 Å². The fraction of sp³-hybridized carbons (Fsp3) is 0. The Morgan fingerprint density at radius 2 is 1.76 bits per heavy atom. The molecule has 0 spiro atoms. The third-order valence-electron chi connectivity index (χ3n) is 3.88. The predicted octanol–water partition coefficient (Wildman–Crippen LogP) is 6.40. The van der Waals surface area contributed by atoms with Gasteiger partial charge in [0.1, 0.15) is 11.5 Å². The van der Waals surface area contributed by atoms with Gasteiger partial charge in [-0.3, -0.25) is 4.79 Å². The summed E-state index contributed by atoms with van der Waals surface area (Å²) in [6, 6.07) is 14.2. The van der Waals surface area contributed by atoms with Crippen LogP contribution in [0.2, 0.25) is 15.1 Å². The summed E-state index contributed by atoms with van der Waals surface area (Å²) in [5.74, 6) is 1.01. The standard InChI is InChI=1S/C19H10Cl3NO2/c20-11-2-4-13-14(19(24)23-17(13)8-11)9-12-3-6-18(25-12)10-1-5-15(21)16(22)7-10/h1-9H,(H,23,24)/b14-9+. The van der Waals surface area contributed by atoms with E-state index in [0.717, 1.165) is 11.1 Å². The minimum absolute atomic E-state index is 0.190. The molecule has 25 heavy (non-hydrogen) atoms. The number of nitrogens with one attached hydrogen (secondary N) is 1. The number of rotatable bonds is 2. The summed E-state index contributed by atoms with van der Waals surface area (Å²) < 4.78 is 5.83. The van der Waals surface area contributed by atoms with Gasteiger partial charge >= 0.3 is 0 Å². The van der Waals surface area contributed by atoms with E-state index in [9.17, 15) is 4.79 Å². The molecule has 3 aromatic rings. The van der Waals surface area contributed by atoms with Crippen molar-refractivity contribution in [2.24, 2.45) is 0 Å². The fourth-order valence-electron chi connectivity index (χ4n) is 2.69. The van der Waals surface area contributed by atoms with E-state index in [0.29, 0.717) is 37.8 Å². The Hall–Kier alpha value is -2.20. The minimum atomic E-state index is -0.190. The van der Waals surface area contributed by atoms with Gasteiger partial charge in [-0.1, -0.05) is 40.9 Å². The van der Waals surface area contributed by atoms with Crippen molar-refractivity contribution < 1.29 is 9.21 Å². The SMILES string of the molecule is O=C1Nc2cc(Cl)ccc2/C1=C\c1ccc(-c2ccc(Cl)c(Cl)c2)o1. The molecule has 1 aromatic heterocycles. The Morgan fingerprint density at radius 1 is 0.920 bits per heavy atom. The lowest BCUT2D eigenvalue weighted by Gasteiger charge is -2.00. The summed E-state index contributed by atoms with van der Waals surface area (Å²) in [5.41, 5.74) is 2.82. The first-order valence-electron chi connectivity index (χ1n) is 7.39. The van der Waals surface area contributed by atoms with Crippen molar-refractivity contribution in [3.8, 4) is 11.3 Å². The fourth-order valence-corrected chi connectivity index (χ4v) is 3.16. The molecule has 3 nitrogen and oxygen atoms in total. The number of anilines is 1. The van der Waals surface area contributed by atoms with Gasteiger partial charge in [0.25, 0.3) is 5.91 Å². The average molecular weight is 391 g/mol. The molecule has 124 valence electrons. The quantitative estimate of drug-likeness (QED) is 0.514. The van der Waals surface area contributed by atoms with Crippen LogP contribution in [0, 0.1) is 0 Å². The Labute approximate surface area is 158 Å². The lowest BCUT2D eigenvalue weighted by molar-refractivity contribution is -0.110. The molecule has 1 aliphatic rings. The first-order chi connectivity index (χ1) is 12.0. The summed E-state index contributed by atoms with van der Waals surface area (Å²) >= 11 is 17.9. The second-order valence-electron chi connectivity index (χ2n) is 5.53. The molecule has 0 aliphatic carbocycles. The van der Waals surface area contributed by atoms with E-state index in [1.807, 2.05) is 18.2 Å². The van der Waals surface area contributed by atoms with Crippen molar-refractivity contribution in [1.29, 1.82) is 0 Å². The number of benzene rings is 2. The molecule has 1 amide bonds. The van der Waals surface area contributed by atoms with Crippen molar-refractivity contribution in [2.45, 2.75) is 0 Å². The molecular formula is C19H10Cl3NO2. The van der Waals surface area contributed by atoms with Gasteiger partial charge in [-0.05, 0) is 48.5 Å². The average Bonchev–Trinajstić information content (AvgIpc) is 3.15. The van der Waals surface area contributed by atoms with Crippen LogP contribution < -0.4 is 5.32 Å². The summed E-state index contributed by atoms with van der Waals surface area (Å²) in [6.45, 7) is 0. The van der Waals surface area contributed by atoms with Crippen molar-refractivity contribution in [3.63, 3.8) is 0 Å². The lowest BCUT2D eigenvalue weighted by atomic mass is 10.1. The monoisotopic (exact) mass is 389 g/mol. The highest BCUT2D eigenvalue weighted by molar-refractivity contribution is 6.42. The van der Waals surface area contributed by atoms with Crippen LogP contribution in [0.25, 0.3) is 23.0 Å². The van der Waals surface area contributed by atoms with Crippen LogP contribution >= 0.6 is 34.8 Å². The molecule has 1 aliphatic heterocycles. The molecular weight excluding hydrogens is 381 g/mol. The number of furan rings is 1. The Morgan fingerprint density at radius 3 is 2.56 bits per heavy atom. The lowest BCUT2D eigenvalue weighted by Crippen LogP contribution is -2.03. The third kappa shape index (κ3) is 3.07. The Bertz CT molecular complexity index is 1040. The number of carbonyl (C=O) groups is 1. The summed E-state index contributed by atoms with van der Waals surface area (Å²) in [6.07, 6.45) is 1.70. The molecule has 6 heteroatoms. The smallest absolute Gasteiger partial charge is 0.256 e. The van der Waals surface area contributed by atoms with Gasteiger partial charge in [-0.15, -0.1) is 0 Å². The zero-order valence-electron chi connectivity index (χ0n) is 12.6. The highest BCUT2D eigenvalue weighted by Crippen LogP contribution is 2.36. The van der Waals surface area contributed by atoms with Crippen molar-refractivity contribution >= 4 is 58.0 Å². The topological polar surface area (TPSA) is 42.2 Å². The van der Waals surface area contributed by atoms with Crippen LogP contribution in [0.5, 0.6) is 0 Å². The van der Waals surface area contributed by atoms with Crippen LogP contribution in [-0.4, -0.2) is 5.91 Å². The van der Waals surface area contributed by atoms with E-state index in [-0.39, 0.29) is 5.91 Å². The zero-order chi connectivity index (χ0) is 17.6. The first kappa shape index (κ1) is 16.3. The highest BCUT2D eigenvalue weighted by atomic mass is 35.5. The van der Waals surface area contributed by atoms with Crippen molar-refractivity contribution in [2.75, 3.05) is 5.32 Å². The van der Waals surface area contributed by atoms with Gasteiger partial charge in [0, 0.05) is 16.1 Å². The van der Waals surface area contributed by atoms with Gasteiger partial charge in [-0.2, -0.15) is 0 Å². The van der Waals surface area contributed by atoms with E-state index in [1.165, 1.54) is 0 Å². The highest BCUT2D eigenvalue weighted by Gasteiger charge is 2.24. The maximum absolute atomic E-state index is 12.2. The number of halogens is 3. The molecule has 0 bridgehead atoms. The second kappa shape index (κ2) is 6.26. The maximum atomic E-state index is 12.2. The number of carbonyl (C=O) groups excluding carboxylic acids is 1. The van der Waals surface area contributed by atoms with Crippen molar-refractivity contribution in [1.82, 2.24) is 0 Å². The predicted molar refractivity (Wildman–Crippen MR) is 102 cm³/mol. The van der Waals surface area contributed by atoms with Crippen LogP contribution in [0.4, 0.5) is 5.69 Å². The molecule has 0 radical (unpaired) electrons.